The Morgan fingerprint density at radius 3 is 2.45 bits per heavy atom. The van der Waals surface area contributed by atoms with Crippen LogP contribution < -0.4 is 4.74 Å². The van der Waals surface area contributed by atoms with Gasteiger partial charge in [-0.1, -0.05) is 6.07 Å². The maximum atomic E-state index is 13.7. The molecule has 0 fully saturated rings. The van der Waals surface area contributed by atoms with Crippen molar-refractivity contribution in [3.8, 4) is 5.75 Å². The van der Waals surface area contributed by atoms with E-state index >= 15 is 0 Å². The SMILES string of the molecule is O[C@H]1CC(c2c(F)cccc2F)Oc2ccc(F)cc21. The predicted molar refractivity (Wildman–Crippen MR) is 65.7 cm³/mol. The average Bonchev–Trinajstić information content (AvgIpc) is 2.39. The molecule has 0 aliphatic carbocycles. The molecule has 1 aliphatic heterocycles. The van der Waals surface area contributed by atoms with Gasteiger partial charge in [0.2, 0.25) is 0 Å². The number of ether oxygens (including phenoxy) is 1. The molecule has 0 amide bonds. The zero-order valence-electron chi connectivity index (χ0n) is 10.3. The molecule has 3 rings (SSSR count). The van der Waals surface area contributed by atoms with Gasteiger partial charge in [0.25, 0.3) is 0 Å². The molecule has 0 radical (unpaired) electrons. The van der Waals surface area contributed by atoms with Crippen LogP contribution in [0.25, 0.3) is 0 Å². The fourth-order valence-corrected chi connectivity index (χ4v) is 2.41. The minimum atomic E-state index is -1.03. The van der Waals surface area contributed by atoms with Gasteiger partial charge in [-0.25, -0.2) is 13.2 Å². The van der Waals surface area contributed by atoms with Crippen LogP contribution in [-0.2, 0) is 0 Å². The van der Waals surface area contributed by atoms with Gasteiger partial charge < -0.3 is 9.84 Å². The van der Waals surface area contributed by atoms with Gasteiger partial charge in [-0.3, -0.25) is 0 Å². The van der Waals surface area contributed by atoms with Gasteiger partial charge >= 0.3 is 0 Å². The molecule has 1 aliphatic rings. The third kappa shape index (κ3) is 2.14. The fraction of sp³-hybridized carbons (Fsp3) is 0.200. The van der Waals surface area contributed by atoms with E-state index in [-0.39, 0.29) is 23.3 Å². The quantitative estimate of drug-likeness (QED) is 0.863. The number of aliphatic hydroxyl groups is 1. The standard InChI is InChI=1S/C15H11F3O2/c16-8-4-5-13-9(6-8)12(19)7-14(20-13)15-10(17)2-1-3-11(15)18/h1-6,12,14,19H,7H2/t12-,14?/m0/s1. The summed E-state index contributed by atoms with van der Waals surface area (Å²) >= 11 is 0. The Bertz CT molecular complexity index is 637. The largest absolute Gasteiger partial charge is 0.485 e. The zero-order valence-corrected chi connectivity index (χ0v) is 10.3. The van der Waals surface area contributed by atoms with Crippen molar-refractivity contribution in [2.45, 2.75) is 18.6 Å². The summed E-state index contributed by atoms with van der Waals surface area (Å²) in [7, 11) is 0. The maximum absolute atomic E-state index is 13.7. The monoisotopic (exact) mass is 280 g/mol. The maximum Gasteiger partial charge on any atom is 0.133 e. The summed E-state index contributed by atoms with van der Waals surface area (Å²) in [6.07, 6.45) is -2.00. The summed E-state index contributed by atoms with van der Waals surface area (Å²) in [5, 5.41) is 10.0. The number of fused-ring (bicyclic) bond motifs is 1. The Morgan fingerprint density at radius 1 is 1.05 bits per heavy atom. The molecule has 104 valence electrons. The van der Waals surface area contributed by atoms with Crippen molar-refractivity contribution < 1.29 is 23.0 Å². The summed E-state index contributed by atoms with van der Waals surface area (Å²) in [6.45, 7) is 0. The van der Waals surface area contributed by atoms with Crippen molar-refractivity contribution in [3.05, 3.63) is 65.0 Å². The average molecular weight is 280 g/mol. The van der Waals surface area contributed by atoms with Gasteiger partial charge in [0.1, 0.15) is 29.3 Å². The Morgan fingerprint density at radius 2 is 1.75 bits per heavy atom. The first-order valence-electron chi connectivity index (χ1n) is 6.14. The first-order valence-corrected chi connectivity index (χ1v) is 6.14. The molecule has 2 aromatic carbocycles. The third-order valence-corrected chi connectivity index (χ3v) is 3.36. The molecule has 2 nitrogen and oxygen atoms in total. The summed E-state index contributed by atoms with van der Waals surface area (Å²) < 4.78 is 46.1. The van der Waals surface area contributed by atoms with Gasteiger partial charge in [-0.15, -0.1) is 0 Å². The lowest BCUT2D eigenvalue weighted by molar-refractivity contribution is 0.0617. The number of halogens is 3. The molecule has 0 bridgehead atoms. The van der Waals surface area contributed by atoms with Crippen molar-refractivity contribution in [2.75, 3.05) is 0 Å². The number of hydrogen-bond acceptors (Lipinski definition) is 2. The second kappa shape index (κ2) is 4.83. The number of benzene rings is 2. The molecule has 20 heavy (non-hydrogen) atoms. The van der Waals surface area contributed by atoms with E-state index in [0.29, 0.717) is 0 Å². The van der Waals surface area contributed by atoms with E-state index in [1.54, 1.807) is 0 Å². The van der Waals surface area contributed by atoms with Crippen LogP contribution in [0.4, 0.5) is 13.2 Å². The van der Waals surface area contributed by atoms with Gasteiger partial charge in [-0.05, 0) is 30.3 Å². The Labute approximate surface area is 113 Å². The molecule has 0 aromatic heterocycles. The van der Waals surface area contributed by atoms with E-state index in [1.807, 2.05) is 0 Å². The first-order chi connectivity index (χ1) is 9.56. The van der Waals surface area contributed by atoms with E-state index in [4.69, 9.17) is 4.74 Å². The van der Waals surface area contributed by atoms with Crippen LogP contribution in [0.2, 0.25) is 0 Å². The molecule has 1 heterocycles. The van der Waals surface area contributed by atoms with Crippen molar-refractivity contribution >= 4 is 0 Å². The molecule has 0 saturated heterocycles. The minimum absolute atomic E-state index is 0.0334. The molecule has 0 spiro atoms. The van der Waals surface area contributed by atoms with E-state index in [2.05, 4.69) is 0 Å². The minimum Gasteiger partial charge on any atom is -0.485 e. The Hall–Kier alpha value is -2.01. The van der Waals surface area contributed by atoms with E-state index < -0.39 is 29.7 Å². The smallest absolute Gasteiger partial charge is 0.133 e. The summed E-state index contributed by atoms with van der Waals surface area (Å²) in [5.74, 6) is -1.72. The summed E-state index contributed by atoms with van der Waals surface area (Å²) in [6, 6.07) is 7.21. The van der Waals surface area contributed by atoms with Crippen LogP contribution in [0, 0.1) is 17.5 Å². The summed E-state index contributed by atoms with van der Waals surface area (Å²) in [5.41, 5.74) is 0.0690. The van der Waals surface area contributed by atoms with Gasteiger partial charge in [0, 0.05) is 12.0 Å². The second-order valence-electron chi connectivity index (χ2n) is 4.68. The Balaban J connectivity index is 2.01. The van der Waals surface area contributed by atoms with Crippen LogP contribution in [0.5, 0.6) is 5.75 Å². The second-order valence-corrected chi connectivity index (χ2v) is 4.68. The van der Waals surface area contributed by atoms with Crippen LogP contribution >= 0.6 is 0 Å². The van der Waals surface area contributed by atoms with Crippen molar-refractivity contribution in [1.82, 2.24) is 0 Å². The van der Waals surface area contributed by atoms with E-state index in [9.17, 15) is 18.3 Å². The highest BCUT2D eigenvalue weighted by Gasteiger charge is 2.31. The molecule has 1 unspecified atom stereocenters. The zero-order chi connectivity index (χ0) is 14.3. The van der Waals surface area contributed by atoms with E-state index in [1.165, 1.54) is 18.2 Å². The normalized spacial score (nSPS) is 21.2. The molecule has 1 N–H and O–H groups in total. The topological polar surface area (TPSA) is 29.5 Å². The van der Waals surface area contributed by atoms with Crippen LogP contribution in [0.1, 0.15) is 29.8 Å². The highest BCUT2D eigenvalue weighted by atomic mass is 19.1. The molecule has 2 aromatic rings. The lowest BCUT2D eigenvalue weighted by atomic mass is 9.94. The number of aliphatic hydroxyl groups excluding tert-OH is 1. The number of rotatable bonds is 1. The lowest BCUT2D eigenvalue weighted by Crippen LogP contribution is -2.21. The van der Waals surface area contributed by atoms with Gasteiger partial charge in [0.05, 0.1) is 11.7 Å². The van der Waals surface area contributed by atoms with Crippen LogP contribution in [0.15, 0.2) is 36.4 Å². The fourth-order valence-electron chi connectivity index (χ4n) is 2.41. The van der Waals surface area contributed by atoms with Gasteiger partial charge in [-0.2, -0.15) is 0 Å². The van der Waals surface area contributed by atoms with Gasteiger partial charge in [0.15, 0.2) is 0 Å². The molecule has 2 atom stereocenters. The third-order valence-electron chi connectivity index (χ3n) is 3.36. The van der Waals surface area contributed by atoms with Crippen LogP contribution in [-0.4, -0.2) is 5.11 Å². The van der Waals surface area contributed by atoms with Crippen LogP contribution in [0.3, 0.4) is 0 Å². The predicted octanol–water partition coefficient (Wildman–Crippen LogP) is 3.66. The number of hydrogen-bond donors (Lipinski definition) is 1. The summed E-state index contributed by atoms with van der Waals surface area (Å²) in [4.78, 5) is 0. The van der Waals surface area contributed by atoms with Crippen molar-refractivity contribution in [3.63, 3.8) is 0 Å². The van der Waals surface area contributed by atoms with Crippen molar-refractivity contribution in [1.29, 1.82) is 0 Å². The van der Waals surface area contributed by atoms with Crippen molar-refractivity contribution in [2.24, 2.45) is 0 Å². The highest BCUT2D eigenvalue weighted by molar-refractivity contribution is 5.39. The van der Waals surface area contributed by atoms with E-state index in [0.717, 1.165) is 18.2 Å². The first kappa shape index (κ1) is 13.0. The Kier molecular flexibility index (Phi) is 3.14. The molecular formula is C15H11F3O2. The molecule has 5 heteroatoms. The highest BCUT2D eigenvalue weighted by Crippen LogP contribution is 2.42. The molecular weight excluding hydrogens is 269 g/mol. The molecule has 0 saturated carbocycles. The lowest BCUT2D eigenvalue weighted by Gasteiger charge is -2.30.